The number of amides is 2. The standard InChI is InChI=1S/C18H20ClN3O2/c1-13-2-3-17(16(19)12-13)21-18(23)22-10-6-15(7-11-22)24-14-4-8-20-9-5-14/h2-5,8-9,12,15H,6-7,10-11H2,1H3,(H,21,23). The Balaban J connectivity index is 1.51. The van der Waals surface area contributed by atoms with Crippen molar-refractivity contribution in [2.45, 2.75) is 25.9 Å². The minimum atomic E-state index is -0.122. The molecule has 1 aliphatic heterocycles. The van der Waals surface area contributed by atoms with Crippen LogP contribution in [-0.4, -0.2) is 35.1 Å². The number of piperidine rings is 1. The lowest BCUT2D eigenvalue weighted by molar-refractivity contribution is 0.115. The van der Waals surface area contributed by atoms with Crippen molar-refractivity contribution >= 4 is 23.3 Å². The van der Waals surface area contributed by atoms with Crippen LogP contribution in [0.2, 0.25) is 5.02 Å². The second-order valence-corrected chi connectivity index (χ2v) is 6.31. The molecule has 2 heterocycles. The fourth-order valence-corrected chi connectivity index (χ4v) is 2.98. The van der Waals surface area contributed by atoms with E-state index in [4.69, 9.17) is 16.3 Å². The molecule has 1 N–H and O–H groups in total. The smallest absolute Gasteiger partial charge is 0.321 e. The Morgan fingerprint density at radius 2 is 1.96 bits per heavy atom. The van der Waals surface area contributed by atoms with Crippen molar-refractivity contribution in [3.63, 3.8) is 0 Å². The third-order valence-corrected chi connectivity index (χ3v) is 4.36. The molecule has 5 nitrogen and oxygen atoms in total. The van der Waals surface area contributed by atoms with Gasteiger partial charge in [-0.3, -0.25) is 4.98 Å². The van der Waals surface area contributed by atoms with Crippen LogP contribution < -0.4 is 10.1 Å². The van der Waals surface area contributed by atoms with E-state index in [0.29, 0.717) is 23.8 Å². The van der Waals surface area contributed by atoms with Gasteiger partial charge in [-0.15, -0.1) is 0 Å². The number of nitrogens with one attached hydrogen (secondary N) is 1. The summed E-state index contributed by atoms with van der Waals surface area (Å²) in [5.41, 5.74) is 1.70. The monoisotopic (exact) mass is 345 g/mol. The van der Waals surface area contributed by atoms with E-state index in [1.807, 2.05) is 37.3 Å². The molecular weight excluding hydrogens is 326 g/mol. The van der Waals surface area contributed by atoms with Crippen LogP contribution in [0.1, 0.15) is 18.4 Å². The molecule has 24 heavy (non-hydrogen) atoms. The van der Waals surface area contributed by atoms with E-state index in [-0.39, 0.29) is 12.1 Å². The summed E-state index contributed by atoms with van der Waals surface area (Å²) in [7, 11) is 0. The molecule has 3 rings (SSSR count). The molecule has 1 aliphatic rings. The number of carbonyl (C=O) groups excluding carboxylic acids is 1. The van der Waals surface area contributed by atoms with Crippen LogP contribution in [0.4, 0.5) is 10.5 Å². The molecule has 1 aromatic heterocycles. The van der Waals surface area contributed by atoms with E-state index in [9.17, 15) is 4.79 Å². The van der Waals surface area contributed by atoms with Crippen molar-refractivity contribution in [2.24, 2.45) is 0 Å². The van der Waals surface area contributed by atoms with Gasteiger partial charge in [0.25, 0.3) is 0 Å². The fourth-order valence-electron chi connectivity index (χ4n) is 2.70. The van der Waals surface area contributed by atoms with Crippen molar-refractivity contribution in [1.82, 2.24) is 9.88 Å². The average molecular weight is 346 g/mol. The Morgan fingerprint density at radius 3 is 2.62 bits per heavy atom. The van der Waals surface area contributed by atoms with Crippen LogP contribution in [0, 0.1) is 6.92 Å². The predicted octanol–water partition coefficient (Wildman–Crippen LogP) is 4.12. The fraction of sp³-hybridized carbons (Fsp3) is 0.333. The van der Waals surface area contributed by atoms with E-state index in [1.54, 1.807) is 17.3 Å². The summed E-state index contributed by atoms with van der Waals surface area (Å²) in [5.74, 6) is 0.819. The molecule has 0 aliphatic carbocycles. The minimum absolute atomic E-state index is 0.122. The van der Waals surface area contributed by atoms with Gasteiger partial charge in [0.1, 0.15) is 11.9 Å². The summed E-state index contributed by atoms with van der Waals surface area (Å²) >= 11 is 6.17. The first-order valence-electron chi connectivity index (χ1n) is 8.00. The van der Waals surface area contributed by atoms with Crippen LogP contribution in [-0.2, 0) is 0 Å². The number of likely N-dealkylation sites (tertiary alicyclic amines) is 1. The molecule has 1 aromatic carbocycles. The zero-order chi connectivity index (χ0) is 16.9. The quantitative estimate of drug-likeness (QED) is 0.910. The van der Waals surface area contributed by atoms with Gasteiger partial charge in [0.05, 0.1) is 10.7 Å². The Hall–Kier alpha value is -2.27. The summed E-state index contributed by atoms with van der Waals surface area (Å²) in [4.78, 5) is 18.1. The van der Waals surface area contributed by atoms with Crippen molar-refractivity contribution in [3.05, 3.63) is 53.3 Å². The number of hydrogen-bond acceptors (Lipinski definition) is 3. The number of benzene rings is 1. The number of anilines is 1. The number of rotatable bonds is 3. The van der Waals surface area contributed by atoms with E-state index in [1.165, 1.54) is 0 Å². The first-order chi connectivity index (χ1) is 11.6. The van der Waals surface area contributed by atoms with Gasteiger partial charge < -0.3 is 15.0 Å². The number of pyridine rings is 1. The number of aryl methyl sites for hydroxylation is 1. The molecule has 1 saturated heterocycles. The van der Waals surface area contributed by atoms with E-state index >= 15 is 0 Å². The number of urea groups is 1. The maximum absolute atomic E-state index is 12.4. The van der Waals surface area contributed by atoms with Crippen molar-refractivity contribution < 1.29 is 9.53 Å². The van der Waals surface area contributed by atoms with Gasteiger partial charge in [-0.05, 0) is 36.8 Å². The van der Waals surface area contributed by atoms with Crippen LogP contribution in [0.5, 0.6) is 5.75 Å². The number of aromatic nitrogens is 1. The SMILES string of the molecule is Cc1ccc(NC(=O)N2CCC(Oc3ccncc3)CC2)c(Cl)c1. The zero-order valence-corrected chi connectivity index (χ0v) is 14.3. The molecule has 0 atom stereocenters. The van der Waals surface area contributed by atoms with Crippen LogP contribution in [0.3, 0.4) is 0 Å². The van der Waals surface area contributed by atoms with Crippen molar-refractivity contribution in [2.75, 3.05) is 18.4 Å². The molecule has 2 amide bonds. The van der Waals surface area contributed by atoms with E-state index in [2.05, 4.69) is 10.3 Å². The van der Waals surface area contributed by atoms with Gasteiger partial charge in [0.15, 0.2) is 0 Å². The van der Waals surface area contributed by atoms with Gasteiger partial charge in [-0.2, -0.15) is 0 Å². The Labute approximate surface area is 146 Å². The number of nitrogens with zero attached hydrogens (tertiary/aromatic N) is 2. The molecule has 0 unspecified atom stereocenters. The number of ether oxygens (including phenoxy) is 1. The lowest BCUT2D eigenvalue weighted by Gasteiger charge is -2.32. The van der Waals surface area contributed by atoms with Crippen LogP contribution >= 0.6 is 11.6 Å². The molecule has 6 heteroatoms. The second-order valence-electron chi connectivity index (χ2n) is 5.90. The Morgan fingerprint density at radius 1 is 1.25 bits per heavy atom. The van der Waals surface area contributed by atoms with Crippen LogP contribution in [0.15, 0.2) is 42.7 Å². The highest BCUT2D eigenvalue weighted by Gasteiger charge is 2.24. The normalized spacial score (nSPS) is 15.2. The highest BCUT2D eigenvalue weighted by Crippen LogP contribution is 2.24. The molecule has 0 radical (unpaired) electrons. The average Bonchev–Trinajstić information content (AvgIpc) is 2.59. The maximum atomic E-state index is 12.4. The summed E-state index contributed by atoms with van der Waals surface area (Å²) in [6, 6.07) is 9.16. The summed E-state index contributed by atoms with van der Waals surface area (Å²) < 4.78 is 5.91. The van der Waals surface area contributed by atoms with Gasteiger partial charge >= 0.3 is 6.03 Å². The molecular formula is C18H20ClN3O2. The molecule has 2 aromatic rings. The lowest BCUT2D eigenvalue weighted by Crippen LogP contribution is -2.43. The van der Waals surface area contributed by atoms with Crippen molar-refractivity contribution in [3.8, 4) is 5.75 Å². The van der Waals surface area contributed by atoms with Crippen molar-refractivity contribution in [1.29, 1.82) is 0 Å². The number of carbonyl (C=O) groups is 1. The van der Waals surface area contributed by atoms with Gasteiger partial charge in [0, 0.05) is 38.3 Å². The topological polar surface area (TPSA) is 54.5 Å². The van der Waals surface area contributed by atoms with Gasteiger partial charge in [-0.25, -0.2) is 4.79 Å². The highest BCUT2D eigenvalue weighted by atomic mass is 35.5. The zero-order valence-electron chi connectivity index (χ0n) is 13.5. The lowest BCUT2D eigenvalue weighted by atomic mass is 10.1. The first-order valence-corrected chi connectivity index (χ1v) is 8.38. The Bertz CT molecular complexity index is 701. The second kappa shape index (κ2) is 7.53. The molecule has 0 bridgehead atoms. The largest absolute Gasteiger partial charge is 0.490 e. The third kappa shape index (κ3) is 4.17. The minimum Gasteiger partial charge on any atom is -0.490 e. The molecule has 0 saturated carbocycles. The van der Waals surface area contributed by atoms with E-state index in [0.717, 1.165) is 24.2 Å². The molecule has 1 fully saturated rings. The number of halogens is 1. The number of hydrogen-bond donors (Lipinski definition) is 1. The highest BCUT2D eigenvalue weighted by molar-refractivity contribution is 6.33. The predicted molar refractivity (Wildman–Crippen MR) is 94.7 cm³/mol. The summed E-state index contributed by atoms with van der Waals surface area (Å²) in [6.45, 7) is 3.28. The first kappa shape index (κ1) is 16.6. The Kier molecular flexibility index (Phi) is 5.20. The summed E-state index contributed by atoms with van der Waals surface area (Å²) in [6.07, 6.45) is 5.15. The summed E-state index contributed by atoms with van der Waals surface area (Å²) in [5, 5.41) is 3.43. The van der Waals surface area contributed by atoms with Gasteiger partial charge in [-0.1, -0.05) is 17.7 Å². The van der Waals surface area contributed by atoms with E-state index < -0.39 is 0 Å². The van der Waals surface area contributed by atoms with Gasteiger partial charge in [0.2, 0.25) is 0 Å². The van der Waals surface area contributed by atoms with Crippen LogP contribution in [0.25, 0.3) is 0 Å². The molecule has 126 valence electrons. The third-order valence-electron chi connectivity index (χ3n) is 4.05. The molecule has 0 spiro atoms. The maximum Gasteiger partial charge on any atom is 0.321 e.